The lowest BCUT2D eigenvalue weighted by molar-refractivity contribution is -0.138. The Morgan fingerprint density at radius 3 is 2.21 bits per heavy atom. The van der Waals surface area contributed by atoms with E-state index in [1.54, 1.807) is 0 Å². The molecule has 2 saturated carbocycles. The van der Waals surface area contributed by atoms with Gasteiger partial charge in [0.15, 0.2) is 0 Å². The van der Waals surface area contributed by atoms with Crippen molar-refractivity contribution in [2.24, 2.45) is 5.73 Å². The molecule has 0 bridgehead atoms. The Labute approximate surface area is 145 Å². The van der Waals surface area contributed by atoms with Crippen molar-refractivity contribution in [1.29, 1.82) is 0 Å². The van der Waals surface area contributed by atoms with Gasteiger partial charge in [-0.2, -0.15) is 0 Å². The van der Waals surface area contributed by atoms with Gasteiger partial charge in [-0.1, -0.05) is 32.1 Å². The van der Waals surface area contributed by atoms with E-state index in [1.165, 1.54) is 19.3 Å². The van der Waals surface area contributed by atoms with Crippen molar-refractivity contribution < 1.29 is 9.59 Å². The molecule has 0 spiro atoms. The molecule has 0 radical (unpaired) electrons. The van der Waals surface area contributed by atoms with Crippen molar-refractivity contribution in [3.8, 4) is 0 Å². The van der Waals surface area contributed by atoms with Crippen LogP contribution in [0.3, 0.4) is 0 Å². The molecule has 0 aromatic heterocycles. The molecule has 6 nitrogen and oxygen atoms in total. The Kier molecular flexibility index (Phi) is 5.76. The molecule has 1 aliphatic heterocycles. The van der Waals surface area contributed by atoms with Crippen molar-refractivity contribution in [1.82, 2.24) is 15.1 Å². The van der Waals surface area contributed by atoms with Gasteiger partial charge >= 0.3 is 0 Å². The SMILES string of the molecule is NC1(C(=O)N2CCN(CC(=O)NC3CCCCC3)CC2)CCCC1. The molecule has 1 saturated heterocycles. The summed E-state index contributed by atoms with van der Waals surface area (Å²) in [7, 11) is 0. The molecule has 0 aromatic carbocycles. The molecule has 0 aromatic rings. The summed E-state index contributed by atoms with van der Waals surface area (Å²) in [5, 5.41) is 3.17. The van der Waals surface area contributed by atoms with E-state index in [1.807, 2.05) is 4.90 Å². The van der Waals surface area contributed by atoms with Gasteiger partial charge in [-0.15, -0.1) is 0 Å². The number of nitrogens with one attached hydrogen (secondary N) is 1. The van der Waals surface area contributed by atoms with E-state index < -0.39 is 5.54 Å². The first-order valence-electron chi connectivity index (χ1n) is 9.67. The van der Waals surface area contributed by atoms with Crippen LogP contribution in [0.4, 0.5) is 0 Å². The van der Waals surface area contributed by atoms with E-state index in [2.05, 4.69) is 10.2 Å². The van der Waals surface area contributed by atoms with E-state index in [0.29, 0.717) is 25.7 Å². The fourth-order valence-electron chi connectivity index (χ4n) is 4.37. The number of hydrogen-bond acceptors (Lipinski definition) is 4. The van der Waals surface area contributed by atoms with Gasteiger partial charge in [0.05, 0.1) is 12.1 Å². The van der Waals surface area contributed by atoms with Crippen LogP contribution in [-0.4, -0.2) is 65.9 Å². The molecule has 3 fully saturated rings. The van der Waals surface area contributed by atoms with E-state index in [9.17, 15) is 9.59 Å². The number of piperazine rings is 1. The molecule has 24 heavy (non-hydrogen) atoms. The van der Waals surface area contributed by atoms with Crippen LogP contribution in [0.2, 0.25) is 0 Å². The number of rotatable bonds is 4. The molecular weight excluding hydrogens is 304 g/mol. The van der Waals surface area contributed by atoms with E-state index >= 15 is 0 Å². The van der Waals surface area contributed by atoms with Crippen molar-refractivity contribution in [3.63, 3.8) is 0 Å². The van der Waals surface area contributed by atoms with Crippen LogP contribution in [0.1, 0.15) is 57.8 Å². The molecule has 6 heteroatoms. The van der Waals surface area contributed by atoms with Crippen LogP contribution in [-0.2, 0) is 9.59 Å². The number of nitrogens with two attached hydrogens (primary N) is 1. The molecule has 2 aliphatic carbocycles. The molecule has 3 aliphatic rings. The lowest BCUT2D eigenvalue weighted by Crippen LogP contribution is -2.59. The predicted octanol–water partition coefficient (Wildman–Crippen LogP) is 0.851. The van der Waals surface area contributed by atoms with Gasteiger partial charge in [-0.25, -0.2) is 0 Å². The minimum absolute atomic E-state index is 0.117. The topological polar surface area (TPSA) is 78.7 Å². The average molecular weight is 336 g/mol. The number of hydrogen-bond donors (Lipinski definition) is 2. The minimum atomic E-state index is -0.624. The van der Waals surface area contributed by atoms with Crippen molar-refractivity contribution >= 4 is 11.8 Å². The second-order valence-electron chi connectivity index (χ2n) is 7.83. The Balaban J connectivity index is 1.40. The highest BCUT2D eigenvalue weighted by Gasteiger charge is 2.40. The first kappa shape index (κ1) is 17.7. The van der Waals surface area contributed by atoms with Gasteiger partial charge in [-0.05, 0) is 25.7 Å². The molecule has 3 rings (SSSR count). The highest BCUT2D eigenvalue weighted by molar-refractivity contribution is 5.86. The molecule has 0 atom stereocenters. The Morgan fingerprint density at radius 1 is 0.958 bits per heavy atom. The zero-order valence-corrected chi connectivity index (χ0v) is 14.8. The smallest absolute Gasteiger partial charge is 0.242 e. The van der Waals surface area contributed by atoms with Gasteiger partial charge in [0.1, 0.15) is 0 Å². The number of carbonyl (C=O) groups is 2. The zero-order valence-electron chi connectivity index (χ0n) is 14.8. The van der Waals surface area contributed by atoms with Gasteiger partial charge in [0.25, 0.3) is 0 Å². The maximum Gasteiger partial charge on any atom is 0.242 e. The molecular formula is C18H32N4O2. The van der Waals surface area contributed by atoms with Crippen LogP contribution in [0.15, 0.2) is 0 Å². The van der Waals surface area contributed by atoms with Gasteiger partial charge < -0.3 is 16.0 Å². The van der Waals surface area contributed by atoms with E-state index in [0.717, 1.165) is 51.6 Å². The summed E-state index contributed by atoms with van der Waals surface area (Å²) in [5.41, 5.74) is 5.66. The third-order valence-corrected chi connectivity index (χ3v) is 5.92. The Bertz CT molecular complexity index is 448. The number of carbonyl (C=O) groups excluding carboxylic acids is 2. The first-order chi connectivity index (χ1) is 11.6. The lowest BCUT2D eigenvalue weighted by Gasteiger charge is -2.38. The lowest BCUT2D eigenvalue weighted by atomic mass is 9.95. The molecule has 0 unspecified atom stereocenters. The van der Waals surface area contributed by atoms with Crippen molar-refractivity contribution in [2.75, 3.05) is 32.7 Å². The normalized spacial score (nSPS) is 25.6. The van der Waals surface area contributed by atoms with Gasteiger partial charge in [0, 0.05) is 32.2 Å². The van der Waals surface area contributed by atoms with Gasteiger partial charge in [0.2, 0.25) is 11.8 Å². The summed E-state index contributed by atoms with van der Waals surface area (Å²) in [5.74, 6) is 0.249. The minimum Gasteiger partial charge on any atom is -0.352 e. The quantitative estimate of drug-likeness (QED) is 0.798. The summed E-state index contributed by atoms with van der Waals surface area (Å²) in [6.45, 7) is 3.36. The van der Waals surface area contributed by atoms with Crippen LogP contribution in [0.25, 0.3) is 0 Å². The molecule has 136 valence electrons. The fraction of sp³-hybridized carbons (Fsp3) is 0.889. The van der Waals surface area contributed by atoms with Crippen LogP contribution >= 0.6 is 0 Å². The third-order valence-electron chi connectivity index (χ3n) is 5.92. The average Bonchev–Trinajstić information content (AvgIpc) is 3.04. The zero-order chi connectivity index (χ0) is 17.0. The standard InChI is InChI=1S/C18H32N4O2/c19-18(8-4-5-9-18)17(24)22-12-10-21(11-13-22)14-16(23)20-15-6-2-1-3-7-15/h15H,1-14,19H2,(H,20,23). The predicted molar refractivity (Wildman–Crippen MR) is 93.4 cm³/mol. The van der Waals surface area contributed by atoms with Crippen LogP contribution in [0.5, 0.6) is 0 Å². The van der Waals surface area contributed by atoms with E-state index in [-0.39, 0.29) is 11.8 Å². The summed E-state index contributed by atoms with van der Waals surface area (Å²) in [6.07, 6.45) is 9.74. The number of nitrogens with zero attached hydrogens (tertiary/aromatic N) is 2. The highest BCUT2D eigenvalue weighted by atomic mass is 16.2. The summed E-state index contributed by atoms with van der Waals surface area (Å²) in [4.78, 5) is 28.9. The summed E-state index contributed by atoms with van der Waals surface area (Å²) < 4.78 is 0. The highest BCUT2D eigenvalue weighted by Crippen LogP contribution is 2.29. The Morgan fingerprint density at radius 2 is 1.58 bits per heavy atom. The van der Waals surface area contributed by atoms with Crippen LogP contribution in [0, 0.1) is 0 Å². The monoisotopic (exact) mass is 336 g/mol. The summed E-state index contributed by atoms with van der Waals surface area (Å²) in [6, 6.07) is 0.369. The van der Waals surface area contributed by atoms with Crippen molar-refractivity contribution in [2.45, 2.75) is 69.4 Å². The van der Waals surface area contributed by atoms with E-state index in [4.69, 9.17) is 5.73 Å². The maximum atomic E-state index is 12.6. The molecule has 1 heterocycles. The first-order valence-corrected chi connectivity index (χ1v) is 9.67. The third kappa shape index (κ3) is 4.28. The second-order valence-corrected chi connectivity index (χ2v) is 7.83. The summed E-state index contributed by atoms with van der Waals surface area (Å²) >= 11 is 0. The fourth-order valence-corrected chi connectivity index (χ4v) is 4.37. The molecule has 3 N–H and O–H groups in total. The maximum absolute atomic E-state index is 12.6. The largest absolute Gasteiger partial charge is 0.352 e. The second kappa shape index (κ2) is 7.83. The van der Waals surface area contributed by atoms with Crippen molar-refractivity contribution in [3.05, 3.63) is 0 Å². The Hall–Kier alpha value is -1.14. The van der Waals surface area contributed by atoms with Gasteiger partial charge in [-0.3, -0.25) is 14.5 Å². The number of amides is 2. The molecule has 2 amide bonds. The van der Waals surface area contributed by atoms with Crippen LogP contribution < -0.4 is 11.1 Å².